The van der Waals surface area contributed by atoms with E-state index in [1.807, 2.05) is 89.8 Å². The summed E-state index contributed by atoms with van der Waals surface area (Å²) in [5.41, 5.74) is 2.85. The van der Waals surface area contributed by atoms with Crippen LogP contribution in [0.1, 0.15) is 26.9 Å². The summed E-state index contributed by atoms with van der Waals surface area (Å²) in [6, 6.07) is 30.1. The van der Waals surface area contributed by atoms with E-state index < -0.39 is 0 Å². The van der Waals surface area contributed by atoms with Crippen molar-refractivity contribution in [2.75, 3.05) is 19.4 Å². The molecular formula is C28H25NO3S. The van der Waals surface area contributed by atoms with Crippen LogP contribution < -0.4 is 9.47 Å². The third kappa shape index (κ3) is 4.55. The van der Waals surface area contributed by atoms with E-state index in [-0.39, 0.29) is 11.3 Å². The highest BCUT2D eigenvalue weighted by atomic mass is 32.2. The molecule has 1 amide bonds. The molecule has 0 radical (unpaired) electrons. The van der Waals surface area contributed by atoms with Crippen molar-refractivity contribution < 1.29 is 14.3 Å². The average molecular weight is 456 g/mol. The minimum absolute atomic E-state index is 0.0540. The second-order valence-corrected chi connectivity index (χ2v) is 9.16. The van der Waals surface area contributed by atoms with Gasteiger partial charge in [-0.1, -0.05) is 66.7 Å². The van der Waals surface area contributed by atoms with Crippen LogP contribution in [0.5, 0.6) is 11.5 Å². The lowest BCUT2D eigenvalue weighted by atomic mass is 10.1. The number of carbonyl (C=O) groups is 1. The summed E-state index contributed by atoms with van der Waals surface area (Å²) in [6.45, 7) is 1.17. The monoisotopic (exact) mass is 455 g/mol. The number of hydrogen-bond donors (Lipinski definition) is 0. The fourth-order valence-corrected chi connectivity index (χ4v) is 5.38. The van der Waals surface area contributed by atoms with E-state index in [2.05, 4.69) is 6.07 Å². The van der Waals surface area contributed by atoms with Crippen molar-refractivity contribution in [1.82, 2.24) is 4.90 Å². The first kappa shape index (κ1) is 21.4. The van der Waals surface area contributed by atoms with Crippen LogP contribution in [-0.4, -0.2) is 30.2 Å². The highest BCUT2D eigenvalue weighted by Gasteiger charge is 2.32. The van der Waals surface area contributed by atoms with Crippen LogP contribution in [0.15, 0.2) is 91.0 Å². The van der Waals surface area contributed by atoms with Crippen molar-refractivity contribution in [2.45, 2.75) is 12.0 Å². The van der Waals surface area contributed by atoms with Crippen molar-refractivity contribution in [3.8, 4) is 11.5 Å². The van der Waals surface area contributed by atoms with Crippen molar-refractivity contribution in [1.29, 1.82) is 0 Å². The molecule has 0 spiro atoms. The van der Waals surface area contributed by atoms with Crippen LogP contribution in [0.4, 0.5) is 0 Å². The summed E-state index contributed by atoms with van der Waals surface area (Å²) < 4.78 is 11.6. The predicted octanol–water partition coefficient (Wildman–Crippen LogP) is 6.32. The zero-order chi connectivity index (χ0) is 22.6. The lowest BCUT2D eigenvalue weighted by Gasteiger charge is -2.25. The number of hydrogen-bond acceptors (Lipinski definition) is 4. The molecule has 4 aromatic rings. The Morgan fingerprint density at radius 3 is 2.52 bits per heavy atom. The van der Waals surface area contributed by atoms with Crippen LogP contribution in [0.2, 0.25) is 0 Å². The van der Waals surface area contributed by atoms with Crippen LogP contribution in [-0.2, 0) is 6.61 Å². The molecule has 0 bridgehead atoms. The zero-order valence-corrected chi connectivity index (χ0v) is 19.3. The van der Waals surface area contributed by atoms with E-state index in [9.17, 15) is 4.79 Å². The van der Waals surface area contributed by atoms with E-state index in [1.165, 1.54) is 0 Å². The largest absolute Gasteiger partial charge is 0.493 e. The normalized spacial score (nSPS) is 15.5. The quantitative estimate of drug-likeness (QED) is 0.341. The summed E-state index contributed by atoms with van der Waals surface area (Å²) in [5, 5.41) is 2.15. The second kappa shape index (κ2) is 9.59. The Kier molecular flexibility index (Phi) is 6.22. The third-order valence-electron chi connectivity index (χ3n) is 5.86. The number of rotatable bonds is 6. The Morgan fingerprint density at radius 2 is 1.70 bits per heavy atom. The van der Waals surface area contributed by atoms with Crippen molar-refractivity contribution in [3.05, 3.63) is 108 Å². The molecule has 1 saturated heterocycles. The van der Waals surface area contributed by atoms with E-state index in [1.54, 1.807) is 18.9 Å². The number of methoxy groups -OCH3 is 1. The Balaban J connectivity index is 1.39. The summed E-state index contributed by atoms with van der Waals surface area (Å²) >= 11 is 1.78. The zero-order valence-electron chi connectivity index (χ0n) is 18.4. The van der Waals surface area contributed by atoms with Gasteiger partial charge in [0.2, 0.25) is 0 Å². The number of benzene rings is 4. The molecule has 166 valence electrons. The standard InChI is InChI=1S/C28H25NO3S/c1-31-25-14-13-24(18-26(25)32-19-20-7-3-2-4-8-20)28-29(15-16-33-28)27(30)23-12-11-21-9-5-6-10-22(21)17-23/h2-14,17-18,28H,15-16,19H2,1H3. The molecule has 0 N–H and O–H groups in total. The van der Waals surface area contributed by atoms with Crippen LogP contribution in [0.3, 0.4) is 0 Å². The van der Waals surface area contributed by atoms with Crippen LogP contribution >= 0.6 is 11.8 Å². The number of thioether (sulfide) groups is 1. The van der Waals surface area contributed by atoms with Gasteiger partial charge in [-0.2, -0.15) is 0 Å². The number of amides is 1. The Morgan fingerprint density at radius 1 is 0.909 bits per heavy atom. The molecule has 33 heavy (non-hydrogen) atoms. The average Bonchev–Trinajstić information content (AvgIpc) is 3.37. The molecule has 5 heteroatoms. The van der Waals surface area contributed by atoms with Gasteiger partial charge in [-0.25, -0.2) is 0 Å². The first-order chi connectivity index (χ1) is 16.2. The van der Waals surface area contributed by atoms with Gasteiger partial charge in [0, 0.05) is 17.9 Å². The Labute approximate surface area is 198 Å². The first-order valence-electron chi connectivity index (χ1n) is 11.0. The van der Waals surface area contributed by atoms with E-state index in [0.717, 1.165) is 33.2 Å². The summed E-state index contributed by atoms with van der Waals surface area (Å²) in [6.07, 6.45) is 0. The molecule has 1 aliphatic rings. The molecular weight excluding hydrogens is 430 g/mol. The van der Waals surface area contributed by atoms with Crippen molar-refractivity contribution >= 4 is 28.4 Å². The smallest absolute Gasteiger partial charge is 0.255 e. The molecule has 0 aliphatic carbocycles. The first-order valence-corrected chi connectivity index (χ1v) is 12.0. The van der Waals surface area contributed by atoms with Gasteiger partial charge in [-0.3, -0.25) is 4.79 Å². The molecule has 1 unspecified atom stereocenters. The Hall–Kier alpha value is -3.44. The summed E-state index contributed by atoms with van der Waals surface area (Å²) in [7, 11) is 1.64. The van der Waals surface area contributed by atoms with Gasteiger partial charge in [-0.05, 0) is 46.2 Å². The minimum atomic E-state index is -0.0612. The SMILES string of the molecule is COc1ccc(C2SCCN2C(=O)c2ccc3ccccc3c2)cc1OCc1ccccc1. The molecule has 4 nitrogen and oxygen atoms in total. The maximum atomic E-state index is 13.4. The van der Waals surface area contributed by atoms with Gasteiger partial charge in [0.05, 0.1) is 7.11 Å². The van der Waals surface area contributed by atoms with E-state index >= 15 is 0 Å². The van der Waals surface area contributed by atoms with Crippen LogP contribution in [0, 0.1) is 0 Å². The van der Waals surface area contributed by atoms with E-state index in [4.69, 9.17) is 9.47 Å². The second-order valence-electron chi connectivity index (χ2n) is 7.97. The lowest BCUT2D eigenvalue weighted by molar-refractivity contribution is 0.0760. The fourth-order valence-electron chi connectivity index (χ4n) is 4.14. The highest BCUT2D eigenvalue weighted by molar-refractivity contribution is 7.99. The van der Waals surface area contributed by atoms with Gasteiger partial charge in [0.25, 0.3) is 5.91 Å². The maximum Gasteiger partial charge on any atom is 0.255 e. The number of ether oxygens (including phenoxy) is 2. The highest BCUT2D eigenvalue weighted by Crippen LogP contribution is 2.42. The van der Waals surface area contributed by atoms with Gasteiger partial charge in [0.1, 0.15) is 12.0 Å². The van der Waals surface area contributed by atoms with Gasteiger partial charge < -0.3 is 14.4 Å². The van der Waals surface area contributed by atoms with Crippen molar-refractivity contribution in [3.63, 3.8) is 0 Å². The lowest BCUT2D eigenvalue weighted by Crippen LogP contribution is -2.30. The maximum absolute atomic E-state index is 13.4. The van der Waals surface area contributed by atoms with Crippen LogP contribution in [0.25, 0.3) is 10.8 Å². The molecule has 1 heterocycles. The summed E-state index contributed by atoms with van der Waals surface area (Å²) in [4.78, 5) is 15.4. The molecule has 1 aliphatic heterocycles. The minimum Gasteiger partial charge on any atom is -0.493 e. The third-order valence-corrected chi connectivity index (χ3v) is 7.12. The van der Waals surface area contributed by atoms with E-state index in [0.29, 0.717) is 24.7 Å². The Bertz CT molecular complexity index is 1270. The molecule has 1 fully saturated rings. The van der Waals surface area contributed by atoms with Gasteiger partial charge in [-0.15, -0.1) is 11.8 Å². The number of fused-ring (bicyclic) bond motifs is 1. The fraction of sp³-hybridized carbons (Fsp3) is 0.179. The molecule has 0 saturated carbocycles. The van der Waals surface area contributed by atoms with Gasteiger partial charge in [0.15, 0.2) is 11.5 Å². The topological polar surface area (TPSA) is 38.8 Å². The number of nitrogens with zero attached hydrogens (tertiary/aromatic N) is 1. The molecule has 0 aromatic heterocycles. The molecule has 1 atom stereocenters. The van der Waals surface area contributed by atoms with Gasteiger partial charge >= 0.3 is 0 Å². The molecule has 5 rings (SSSR count). The molecule has 4 aromatic carbocycles. The summed E-state index contributed by atoms with van der Waals surface area (Å²) in [5.74, 6) is 2.32. The van der Waals surface area contributed by atoms with Crippen molar-refractivity contribution in [2.24, 2.45) is 0 Å². The number of carbonyl (C=O) groups excluding carboxylic acids is 1. The predicted molar refractivity (Wildman–Crippen MR) is 134 cm³/mol.